The minimum Gasteiger partial charge on any atom is -0.340 e. The maximum atomic E-state index is 12.9. The zero-order valence-electron chi connectivity index (χ0n) is 15.9. The van der Waals surface area contributed by atoms with Gasteiger partial charge in [0.2, 0.25) is 5.91 Å². The van der Waals surface area contributed by atoms with Gasteiger partial charge in [-0.05, 0) is 41.8 Å². The first-order valence-electron chi connectivity index (χ1n) is 9.45. The Labute approximate surface area is 165 Å². The molecule has 0 aliphatic carbocycles. The largest absolute Gasteiger partial charge is 0.340 e. The van der Waals surface area contributed by atoms with Crippen LogP contribution in [0.3, 0.4) is 0 Å². The number of rotatable bonds is 7. The van der Waals surface area contributed by atoms with E-state index in [1.807, 2.05) is 60.7 Å². The van der Waals surface area contributed by atoms with E-state index in [9.17, 15) is 9.59 Å². The Balaban J connectivity index is 1.76. The summed E-state index contributed by atoms with van der Waals surface area (Å²) in [5.41, 5.74) is 3.43. The van der Waals surface area contributed by atoms with Crippen LogP contribution >= 0.6 is 0 Å². The molecule has 3 aromatic carbocycles. The summed E-state index contributed by atoms with van der Waals surface area (Å²) in [4.78, 5) is 25.5. The molecule has 3 rings (SSSR count). The molecule has 28 heavy (non-hydrogen) atoms. The molecule has 0 heterocycles. The van der Waals surface area contributed by atoms with Crippen molar-refractivity contribution in [3.05, 3.63) is 102 Å². The van der Waals surface area contributed by atoms with Gasteiger partial charge in [0.05, 0.1) is 0 Å². The smallest absolute Gasteiger partial charge is 0.251 e. The van der Waals surface area contributed by atoms with Gasteiger partial charge < -0.3 is 10.6 Å². The molecule has 4 heteroatoms. The minimum atomic E-state index is -0.680. The number of anilines is 1. The molecular formula is C24H24N2O2. The maximum Gasteiger partial charge on any atom is 0.251 e. The highest BCUT2D eigenvalue weighted by Gasteiger charge is 2.22. The predicted octanol–water partition coefficient (Wildman–Crippen LogP) is 4.23. The molecule has 0 fully saturated rings. The lowest BCUT2D eigenvalue weighted by Gasteiger charge is -2.19. The van der Waals surface area contributed by atoms with Crippen molar-refractivity contribution < 1.29 is 9.59 Å². The summed E-state index contributed by atoms with van der Waals surface area (Å²) in [5.74, 6) is -0.504. The first-order valence-corrected chi connectivity index (χ1v) is 9.45. The Hall–Kier alpha value is -3.40. The average molecular weight is 372 g/mol. The third-order valence-corrected chi connectivity index (χ3v) is 4.57. The number of carbonyl (C=O) groups excluding carboxylic acids is 2. The second-order valence-corrected chi connectivity index (χ2v) is 6.62. The molecule has 0 unspecified atom stereocenters. The quantitative estimate of drug-likeness (QED) is 0.652. The Morgan fingerprint density at radius 1 is 0.786 bits per heavy atom. The van der Waals surface area contributed by atoms with Crippen LogP contribution in [0.25, 0.3) is 0 Å². The summed E-state index contributed by atoms with van der Waals surface area (Å²) in [6.07, 6.45) is 1.36. The summed E-state index contributed by atoms with van der Waals surface area (Å²) in [6.45, 7) is 2.09. The molecule has 0 aliphatic heterocycles. The molecule has 1 atom stereocenters. The van der Waals surface area contributed by atoms with Crippen LogP contribution in [0.5, 0.6) is 0 Å². The van der Waals surface area contributed by atoms with Gasteiger partial charge in [-0.1, -0.05) is 67.6 Å². The predicted molar refractivity (Wildman–Crippen MR) is 112 cm³/mol. The molecule has 2 amide bonds. The number of nitrogens with one attached hydrogen (secondary N) is 2. The third kappa shape index (κ3) is 5.30. The van der Waals surface area contributed by atoms with Crippen molar-refractivity contribution in [3.63, 3.8) is 0 Å². The standard InChI is InChI=1S/C24H24N2O2/c1-2-18-13-15-21(16-14-18)25-24(28)22(17-19-9-5-3-6-10-19)26-23(27)20-11-7-4-8-12-20/h3-16,22H,2,17H2,1H3,(H,25,28)(H,26,27)/t22-/m1/s1. The Morgan fingerprint density at radius 2 is 1.39 bits per heavy atom. The molecule has 3 aromatic rings. The molecule has 2 N–H and O–H groups in total. The van der Waals surface area contributed by atoms with Crippen molar-refractivity contribution >= 4 is 17.5 Å². The van der Waals surface area contributed by atoms with E-state index in [0.29, 0.717) is 17.7 Å². The monoisotopic (exact) mass is 372 g/mol. The van der Waals surface area contributed by atoms with Gasteiger partial charge in [-0.15, -0.1) is 0 Å². The van der Waals surface area contributed by atoms with E-state index < -0.39 is 6.04 Å². The molecular weight excluding hydrogens is 348 g/mol. The molecule has 142 valence electrons. The molecule has 4 nitrogen and oxygen atoms in total. The van der Waals surface area contributed by atoms with E-state index in [4.69, 9.17) is 0 Å². The lowest BCUT2D eigenvalue weighted by molar-refractivity contribution is -0.118. The van der Waals surface area contributed by atoms with Crippen molar-refractivity contribution in [2.45, 2.75) is 25.8 Å². The van der Waals surface area contributed by atoms with Gasteiger partial charge in [0.15, 0.2) is 0 Å². The third-order valence-electron chi connectivity index (χ3n) is 4.57. The molecule has 0 aliphatic rings. The summed E-state index contributed by atoms with van der Waals surface area (Å²) in [5, 5.41) is 5.79. The van der Waals surface area contributed by atoms with Gasteiger partial charge in [-0.2, -0.15) is 0 Å². The van der Waals surface area contributed by atoms with Gasteiger partial charge in [0.1, 0.15) is 6.04 Å². The van der Waals surface area contributed by atoms with Crippen LogP contribution < -0.4 is 10.6 Å². The summed E-state index contributed by atoms with van der Waals surface area (Å²) in [6, 6.07) is 25.7. The fourth-order valence-electron chi connectivity index (χ4n) is 2.94. The van der Waals surface area contributed by atoms with Crippen LogP contribution in [0.15, 0.2) is 84.9 Å². The number of amides is 2. The Kier molecular flexibility index (Phi) is 6.58. The SMILES string of the molecule is CCc1ccc(NC(=O)[C@@H](Cc2ccccc2)NC(=O)c2ccccc2)cc1. The summed E-state index contributed by atoms with van der Waals surface area (Å²) >= 11 is 0. The van der Waals surface area contributed by atoms with Crippen molar-refractivity contribution in [1.82, 2.24) is 5.32 Å². The Morgan fingerprint density at radius 3 is 2.00 bits per heavy atom. The number of carbonyl (C=O) groups is 2. The summed E-state index contributed by atoms with van der Waals surface area (Å²) < 4.78 is 0. The van der Waals surface area contributed by atoms with E-state index in [1.54, 1.807) is 24.3 Å². The number of hydrogen-bond donors (Lipinski definition) is 2. The zero-order chi connectivity index (χ0) is 19.8. The number of hydrogen-bond acceptors (Lipinski definition) is 2. The lowest BCUT2D eigenvalue weighted by Crippen LogP contribution is -2.45. The van der Waals surface area contributed by atoms with Crippen molar-refractivity contribution in [2.24, 2.45) is 0 Å². The highest BCUT2D eigenvalue weighted by Crippen LogP contribution is 2.12. The van der Waals surface area contributed by atoms with Gasteiger partial charge in [-0.25, -0.2) is 0 Å². The van der Waals surface area contributed by atoms with Crippen LogP contribution in [-0.2, 0) is 17.6 Å². The fourth-order valence-corrected chi connectivity index (χ4v) is 2.94. The normalized spacial score (nSPS) is 11.5. The highest BCUT2D eigenvalue weighted by atomic mass is 16.2. The van der Waals surface area contributed by atoms with Crippen molar-refractivity contribution in [1.29, 1.82) is 0 Å². The van der Waals surface area contributed by atoms with E-state index >= 15 is 0 Å². The number of benzene rings is 3. The van der Waals surface area contributed by atoms with Gasteiger partial charge in [-0.3, -0.25) is 9.59 Å². The second kappa shape index (κ2) is 9.51. The van der Waals surface area contributed by atoms with Crippen LogP contribution in [0.1, 0.15) is 28.4 Å². The zero-order valence-corrected chi connectivity index (χ0v) is 15.9. The first-order chi connectivity index (χ1) is 13.7. The minimum absolute atomic E-state index is 0.239. The fraction of sp³-hybridized carbons (Fsp3) is 0.167. The maximum absolute atomic E-state index is 12.9. The molecule has 0 radical (unpaired) electrons. The van der Waals surface area contributed by atoms with E-state index in [-0.39, 0.29) is 11.8 Å². The lowest BCUT2D eigenvalue weighted by atomic mass is 10.0. The number of aryl methyl sites for hydroxylation is 1. The van der Waals surface area contributed by atoms with Gasteiger partial charge >= 0.3 is 0 Å². The second-order valence-electron chi connectivity index (χ2n) is 6.62. The van der Waals surface area contributed by atoms with Crippen LogP contribution in [0.4, 0.5) is 5.69 Å². The van der Waals surface area contributed by atoms with E-state index in [1.165, 1.54) is 5.56 Å². The Bertz CT molecular complexity index is 906. The highest BCUT2D eigenvalue weighted by molar-refractivity contribution is 6.01. The van der Waals surface area contributed by atoms with E-state index in [0.717, 1.165) is 12.0 Å². The van der Waals surface area contributed by atoms with Crippen molar-refractivity contribution in [3.8, 4) is 0 Å². The molecule has 0 saturated carbocycles. The summed E-state index contributed by atoms with van der Waals surface area (Å²) in [7, 11) is 0. The van der Waals surface area contributed by atoms with Gasteiger partial charge in [0.25, 0.3) is 5.91 Å². The molecule has 0 spiro atoms. The molecule has 0 saturated heterocycles. The van der Waals surface area contributed by atoms with Gasteiger partial charge in [0, 0.05) is 17.7 Å². The van der Waals surface area contributed by atoms with Crippen LogP contribution in [0, 0.1) is 0 Å². The van der Waals surface area contributed by atoms with Crippen LogP contribution in [0.2, 0.25) is 0 Å². The van der Waals surface area contributed by atoms with E-state index in [2.05, 4.69) is 17.6 Å². The molecule has 0 aromatic heterocycles. The first kappa shape index (κ1) is 19.4. The van der Waals surface area contributed by atoms with Crippen molar-refractivity contribution in [2.75, 3.05) is 5.32 Å². The van der Waals surface area contributed by atoms with Crippen LogP contribution in [-0.4, -0.2) is 17.9 Å². The topological polar surface area (TPSA) is 58.2 Å². The molecule has 0 bridgehead atoms. The average Bonchev–Trinajstić information content (AvgIpc) is 2.75.